The lowest BCUT2D eigenvalue weighted by molar-refractivity contribution is 0.0725. The fraction of sp³-hybridized carbons (Fsp3) is 0.154. The molecule has 0 saturated heterocycles. The molecule has 1 amide bonds. The number of benzene rings is 3. The Morgan fingerprint density at radius 2 is 1.65 bits per heavy atom. The van der Waals surface area contributed by atoms with Crippen LogP contribution in [0.15, 0.2) is 88.1 Å². The number of para-hydroxylation sites is 1. The van der Waals surface area contributed by atoms with E-state index in [9.17, 15) is 9.59 Å². The Balaban J connectivity index is 1.71. The Kier molecular flexibility index (Phi) is 5.85. The van der Waals surface area contributed by atoms with E-state index in [1.807, 2.05) is 67.6 Å². The number of hydrogen-bond donors (Lipinski definition) is 0. The first-order chi connectivity index (χ1) is 15.0. The molecule has 0 radical (unpaired) electrons. The maximum absolute atomic E-state index is 13.5. The second kappa shape index (κ2) is 8.88. The Hall–Kier alpha value is -3.86. The van der Waals surface area contributed by atoms with E-state index in [0.717, 1.165) is 22.4 Å². The lowest BCUT2D eigenvalue weighted by Crippen LogP contribution is -2.33. The topological polar surface area (TPSA) is 59.8 Å². The lowest BCUT2D eigenvalue weighted by atomic mass is 10.1. The number of amides is 1. The van der Waals surface area contributed by atoms with Crippen LogP contribution in [0.5, 0.6) is 5.75 Å². The van der Waals surface area contributed by atoms with Gasteiger partial charge in [0, 0.05) is 18.5 Å². The monoisotopic (exact) mass is 413 g/mol. The minimum Gasteiger partial charge on any atom is -0.497 e. The van der Waals surface area contributed by atoms with Crippen LogP contribution in [-0.2, 0) is 13.1 Å². The van der Waals surface area contributed by atoms with Gasteiger partial charge in [0.15, 0.2) is 0 Å². The lowest BCUT2D eigenvalue weighted by Gasteiger charge is -2.24. The van der Waals surface area contributed by atoms with Crippen molar-refractivity contribution < 1.29 is 13.9 Å². The molecule has 4 aromatic rings. The van der Waals surface area contributed by atoms with Gasteiger partial charge < -0.3 is 14.1 Å². The highest BCUT2D eigenvalue weighted by Gasteiger charge is 2.22. The average molecular weight is 413 g/mol. The number of hydrogen-bond acceptors (Lipinski definition) is 4. The fourth-order valence-electron chi connectivity index (χ4n) is 3.53. The van der Waals surface area contributed by atoms with Gasteiger partial charge in [-0.1, -0.05) is 54.6 Å². The highest BCUT2D eigenvalue weighted by molar-refractivity contribution is 5.96. The fourth-order valence-corrected chi connectivity index (χ4v) is 3.53. The quantitative estimate of drug-likeness (QED) is 0.420. The summed E-state index contributed by atoms with van der Waals surface area (Å²) in [6, 6.07) is 24.3. The number of ether oxygens (including phenoxy) is 1. The second-order valence-corrected chi connectivity index (χ2v) is 7.42. The van der Waals surface area contributed by atoms with Crippen LogP contribution >= 0.6 is 0 Å². The van der Waals surface area contributed by atoms with Crippen molar-refractivity contribution in [1.82, 2.24) is 4.90 Å². The van der Waals surface area contributed by atoms with Crippen molar-refractivity contribution in [2.24, 2.45) is 0 Å². The molecule has 0 fully saturated rings. The van der Waals surface area contributed by atoms with E-state index in [1.54, 1.807) is 30.2 Å². The van der Waals surface area contributed by atoms with Gasteiger partial charge in [-0.2, -0.15) is 0 Å². The van der Waals surface area contributed by atoms with Gasteiger partial charge >= 0.3 is 5.63 Å². The van der Waals surface area contributed by atoms with Crippen molar-refractivity contribution in [3.05, 3.63) is 112 Å². The van der Waals surface area contributed by atoms with Crippen molar-refractivity contribution in [2.75, 3.05) is 7.11 Å². The average Bonchev–Trinajstić information content (AvgIpc) is 2.79. The highest BCUT2D eigenvalue weighted by atomic mass is 16.5. The molecule has 1 heterocycles. The van der Waals surface area contributed by atoms with Gasteiger partial charge in [0.25, 0.3) is 5.91 Å². The molecule has 1 aromatic heterocycles. The first kappa shape index (κ1) is 20.4. The predicted octanol–water partition coefficient (Wildman–Crippen LogP) is 4.95. The summed E-state index contributed by atoms with van der Waals surface area (Å²) in [5, 5.41) is 0.714. The predicted molar refractivity (Wildman–Crippen MR) is 120 cm³/mol. The zero-order valence-corrected chi connectivity index (χ0v) is 17.5. The van der Waals surface area contributed by atoms with Gasteiger partial charge in [-0.15, -0.1) is 0 Å². The van der Waals surface area contributed by atoms with Crippen LogP contribution < -0.4 is 10.4 Å². The Bertz CT molecular complexity index is 1270. The third kappa shape index (κ3) is 4.51. The van der Waals surface area contributed by atoms with E-state index in [0.29, 0.717) is 24.1 Å². The van der Waals surface area contributed by atoms with E-state index in [1.165, 1.54) is 0 Å². The van der Waals surface area contributed by atoms with Gasteiger partial charge in [-0.05, 0) is 47.9 Å². The molecule has 156 valence electrons. The third-order valence-electron chi connectivity index (χ3n) is 5.31. The molecule has 0 aliphatic heterocycles. The summed E-state index contributed by atoms with van der Waals surface area (Å²) < 4.78 is 10.6. The van der Waals surface area contributed by atoms with Gasteiger partial charge in [0.05, 0.1) is 7.11 Å². The number of nitrogens with zero attached hydrogens (tertiary/aromatic N) is 1. The van der Waals surface area contributed by atoms with Crippen LogP contribution in [0.25, 0.3) is 11.0 Å². The maximum atomic E-state index is 13.5. The van der Waals surface area contributed by atoms with Gasteiger partial charge in [0.1, 0.15) is 16.9 Å². The van der Waals surface area contributed by atoms with Crippen LogP contribution in [0.3, 0.4) is 0 Å². The molecule has 0 unspecified atom stereocenters. The van der Waals surface area contributed by atoms with E-state index in [-0.39, 0.29) is 11.5 Å². The zero-order chi connectivity index (χ0) is 21.8. The Morgan fingerprint density at radius 3 is 2.39 bits per heavy atom. The van der Waals surface area contributed by atoms with Crippen LogP contribution in [0.2, 0.25) is 0 Å². The van der Waals surface area contributed by atoms with Crippen molar-refractivity contribution in [1.29, 1.82) is 0 Å². The number of carbonyl (C=O) groups excluding carboxylic acids is 1. The molecule has 0 atom stereocenters. The van der Waals surface area contributed by atoms with Crippen molar-refractivity contribution in [2.45, 2.75) is 20.0 Å². The molecule has 0 N–H and O–H groups in total. The van der Waals surface area contributed by atoms with E-state index >= 15 is 0 Å². The summed E-state index contributed by atoms with van der Waals surface area (Å²) in [7, 11) is 1.61. The smallest absolute Gasteiger partial charge is 0.349 e. The summed E-state index contributed by atoms with van der Waals surface area (Å²) in [5.41, 5.74) is 2.90. The third-order valence-corrected chi connectivity index (χ3v) is 5.31. The summed E-state index contributed by atoms with van der Waals surface area (Å²) in [6.07, 6.45) is 0. The normalized spacial score (nSPS) is 10.8. The summed E-state index contributed by atoms with van der Waals surface area (Å²) >= 11 is 0. The van der Waals surface area contributed by atoms with Gasteiger partial charge in [-0.3, -0.25) is 4.79 Å². The number of aryl methyl sites for hydroxylation is 1. The summed E-state index contributed by atoms with van der Waals surface area (Å²) in [5.74, 6) is 0.384. The first-order valence-electron chi connectivity index (χ1n) is 10.0. The molecule has 31 heavy (non-hydrogen) atoms. The van der Waals surface area contributed by atoms with E-state index < -0.39 is 5.63 Å². The molecule has 5 heteroatoms. The van der Waals surface area contributed by atoms with Crippen molar-refractivity contribution >= 4 is 16.9 Å². The van der Waals surface area contributed by atoms with E-state index in [4.69, 9.17) is 9.15 Å². The molecule has 3 aromatic carbocycles. The highest BCUT2D eigenvalue weighted by Crippen LogP contribution is 2.19. The number of carbonyl (C=O) groups is 1. The van der Waals surface area contributed by atoms with Crippen molar-refractivity contribution in [3.8, 4) is 5.75 Å². The van der Waals surface area contributed by atoms with Crippen LogP contribution in [-0.4, -0.2) is 17.9 Å². The molecule has 5 nitrogen and oxygen atoms in total. The first-order valence-corrected chi connectivity index (χ1v) is 10.0. The van der Waals surface area contributed by atoms with Gasteiger partial charge in [-0.25, -0.2) is 4.79 Å². The molecule has 0 aliphatic rings. The standard InChI is InChI=1S/C26H23NO4/c1-18-7-3-4-9-21(18)17-27(16-19-11-13-22(30-2)14-12-19)25(28)23-15-20-8-5-6-10-24(20)31-26(23)29/h3-15H,16-17H2,1-2H3. The Morgan fingerprint density at radius 1 is 0.935 bits per heavy atom. The minimum atomic E-state index is -0.631. The van der Waals surface area contributed by atoms with Crippen LogP contribution in [0.4, 0.5) is 0 Å². The molecular formula is C26H23NO4. The number of fused-ring (bicyclic) bond motifs is 1. The Labute approximate surface area is 180 Å². The molecular weight excluding hydrogens is 390 g/mol. The summed E-state index contributed by atoms with van der Waals surface area (Å²) in [4.78, 5) is 27.8. The number of rotatable bonds is 6. The SMILES string of the molecule is COc1ccc(CN(Cc2ccccc2C)C(=O)c2cc3ccccc3oc2=O)cc1. The molecule has 4 rings (SSSR count). The molecule has 0 aliphatic carbocycles. The van der Waals surface area contributed by atoms with E-state index in [2.05, 4.69) is 0 Å². The largest absolute Gasteiger partial charge is 0.497 e. The minimum absolute atomic E-state index is 0.0285. The van der Waals surface area contributed by atoms with Crippen LogP contribution in [0.1, 0.15) is 27.0 Å². The van der Waals surface area contributed by atoms with Crippen LogP contribution in [0, 0.1) is 6.92 Å². The second-order valence-electron chi connectivity index (χ2n) is 7.42. The van der Waals surface area contributed by atoms with Crippen molar-refractivity contribution in [3.63, 3.8) is 0 Å². The molecule has 0 spiro atoms. The molecule has 0 bridgehead atoms. The zero-order valence-electron chi connectivity index (χ0n) is 17.5. The molecule has 0 saturated carbocycles. The summed E-state index contributed by atoms with van der Waals surface area (Å²) in [6.45, 7) is 2.74. The number of methoxy groups -OCH3 is 1. The maximum Gasteiger partial charge on any atom is 0.349 e. The van der Waals surface area contributed by atoms with Gasteiger partial charge in [0.2, 0.25) is 0 Å².